The van der Waals surface area contributed by atoms with Crippen molar-refractivity contribution in [3.05, 3.63) is 36.0 Å². The predicted molar refractivity (Wildman–Crippen MR) is 96.4 cm³/mol. The highest BCUT2D eigenvalue weighted by Crippen LogP contribution is 2.31. The van der Waals surface area contributed by atoms with Crippen molar-refractivity contribution in [2.75, 3.05) is 42.3 Å². The molecule has 2 amide bonds. The van der Waals surface area contributed by atoms with Crippen molar-refractivity contribution in [3.63, 3.8) is 0 Å². The molecule has 2 aromatic rings. The second-order valence-corrected chi connectivity index (χ2v) is 6.24. The van der Waals surface area contributed by atoms with E-state index in [4.69, 9.17) is 0 Å². The van der Waals surface area contributed by atoms with E-state index in [9.17, 15) is 18.0 Å². The molecule has 27 heavy (non-hydrogen) atoms. The molecule has 2 N–H and O–H groups in total. The van der Waals surface area contributed by atoms with E-state index in [-0.39, 0.29) is 17.8 Å². The Hall–Kier alpha value is -3.04. The average molecular weight is 380 g/mol. The predicted octanol–water partition coefficient (Wildman–Crippen LogP) is 3.22. The van der Waals surface area contributed by atoms with Gasteiger partial charge in [-0.15, -0.1) is 0 Å². The summed E-state index contributed by atoms with van der Waals surface area (Å²) in [6.07, 6.45) is -3.77. The Morgan fingerprint density at radius 3 is 2.67 bits per heavy atom. The number of hydrogen-bond donors (Lipinski definition) is 2. The van der Waals surface area contributed by atoms with Crippen molar-refractivity contribution in [1.29, 1.82) is 0 Å². The fourth-order valence-corrected chi connectivity index (χ4v) is 2.62. The SMILES string of the molecule is CN(C)c1cc(C(F)(F)F)nc(Nc2cccc(N3CCCNC3=O)c2)n1. The Balaban J connectivity index is 1.90. The number of carbonyl (C=O) groups is 1. The third-order valence-corrected chi connectivity index (χ3v) is 3.96. The fourth-order valence-electron chi connectivity index (χ4n) is 2.62. The number of rotatable bonds is 4. The van der Waals surface area contributed by atoms with Gasteiger partial charge in [0.1, 0.15) is 5.82 Å². The molecule has 2 heterocycles. The molecule has 0 atom stereocenters. The highest BCUT2D eigenvalue weighted by Gasteiger charge is 2.34. The summed E-state index contributed by atoms with van der Waals surface area (Å²) in [4.78, 5) is 22.7. The van der Waals surface area contributed by atoms with Gasteiger partial charge in [-0.3, -0.25) is 4.90 Å². The van der Waals surface area contributed by atoms with Gasteiger partial charge in [0.05, 0.1) is 0 Å². The Morgan fingerprint density at radius 1 is 1.22 bits per heavy atom. The fraction of sp³-hybridized carbons (Fsp3) is 0.353. The first-order chi connectivity index (χ1) is 12.7. The maximum atomic E-state index is 13.1. The zero-order valence-corrected chi connectivity index (χ0v) is 14.8. The molecular formula is C17H19F3N6O. The number of alkyl halides is 3. The molecule has 144 valence electrons. The molecule has 7 nitrogen and oxygen atoms in total. The van der Waals surface area contributed by atoms with Gasteiger partial charge >= 0.3 is 12.2 Å². The smallest absolute Gasteiger partial charge is 0.363 e. The third kappa shape index (κ3) is 4.39. The summed E-state index contributed by atoms with van der Waals surface area (Å²) in [6.45, 7) is 1.19. The summed E-state index contributed by atoms with van der Waals surface area (Å²) < 4.78 is 39.3. The number of urea groups is 1. The van der Waals surface area contributed by atoms with Crippen LogP contribution in [0.25, 0.3) is 0 Å². The molecule has 0 aliphatic carbocycles. The molecule has 1 fully saturated rings. The Bertz CT molecular complexity index is 840. The van der Waals surface area contributed by atoms with E-state index in [1.54, 1.807) is 43.3 Å². The Kier molecular flexibility index (Phi) is 5.06. The zero-order valence-electron chi connectivity index (χ0n) is 14.8. The summed E-state index contributed by atoms with van der Waals surface area (Å²) in [6, 6.07) is 7.49. The molecule has 0 unspecified atom stereocenters. The lowest BCUT2D eigenvalue weighted by Gasteiger charge is -2.27. The lowest BCUT2D eigenvalue weighted by atomic mass is 10.2. The van der Waals surface area contributed by atoms with Gasteiger partial charge in [-0.05, 0) is 24.6 Å². The van der Waals surface area contributed by atoms with E-state index < -0.39 is 11.9 Å². The number of amides is 2. The molecular weight excluding hydrogens is 361 g/mol. The number of aromatic nitrogens is 2. The van der Waals surface area contributed by atoms with Crippen molar-refractivity contribution in [2.45, 2.75) is 12.6 Å². The van der Waals surface area contributed by atoms with E-state index in [0.717, 1.165) is 12.5 Å². The van der Waals surface area contributed by atoms with Crippen molar-refractivity contribution < 1.29 is 18.0 Å². The summed E-state index contributed by atoms with van der Waals surface area (Å²) in [5.41, 5.74) is 0.0853. The lowest BCUT2D eigenvalue weighted by molar-refractivity contribution is -0.141. The summed E-state index contributed by atoms with van der Waals surface area (Å²) in [5, 5.41) is 5.55. The molecule has 3 rings (SSSR count). The van der Waals surface area contributed by atoms with E-state index in [0.29, 0.717) is 24.5 Å². The normalized spacial score (nSPS) is 14.7. The maximum absolute atomic E-state index is 13.1. The van der Waals surface area contributed by atoms with Crippen molar-refractivity contribution >= 4 is 29.2 Å². The molecule has 0 radical (unpaired) electrons. The highest BCUT2D eigenvalue weighted by atomic mass is 19.4. The molecule has 1 aliphatic heterocycles. The maximum Gasteiger partial charge on any atom is 0.433 e. The van der Waals surface area contributed by atoms with Crippen LogP contribution in [0, 0.1) is 0 Å². The topological polar surface area (TPSA) is 73.4 Å². The Morgan fingerprint density at radius 2 is 2.00 bits per heavy atom. The molecule has 1 saturated heterocycles. The van der Waals surface area contributed by atoms with Gasteiger partial charge < -0.3 is 15.5 Å². The van der Waals surface area contributed by atoms with E-state index in [2.05, 4.69) is 20.6 Å². The minimum atomic E-state index is -4.59. The van der Waals surface area contributed by atoms with Gasteiger partial charge in [0.25, 0.3) is 0 Å². The van der Waals surface area contributed by atoms with Crippen LogP contribution in [-0.2, 0) is 6.18 Å². The molecule has 1 aromatic heterocycles. The van der Waals surface area contributed by atoms with Gasteiger partial charge in [0.2, 0.25) is 5.95 Å². The van der Waals surface area contributed by atoms with Gasteiger partial charge in [0, 0.05) is 44.6 Å². The molecule has 10 heteroatoms. The van der Waals surface area contributed by atoms with Crippen LogP contribution in [0.5, 0.6) is 0 Å². The molecule has 0 spiro atoms. The molecule has 0 saturated carbocycles. The third-order valence-electron chi connectivity index (χ3n) is 3.96. The van der Waals surface area contributed by atoms with Crippen molar-refractivity contribution in [3.8, 4) is 0 Å². The molecule has 1 aromatic carbocycles. The van der Waals surface area contributed by atoms with Crippen LogP contribution < -0.4 is 20.4 Å². The summed E-state index contributed by atoms with van der Waals surface area (Å²) in [5.74, 6) is -0.0415. The zero-order chi connectivity index (χ0) is 19.6. The second-order valence-electron chi connectivity index (χ2n) is 6.24. The van der Waals surface area contributed by atoms with Gasteiger partial charge in [0.15, 0.2) is 5.69 Å². The number of carbonyl (C=O) groups excluding carboxylic acids is 1. The van der Waals surface area contributed by atoms with Gasteiger partial charge in [-0.2, -0.15) is 18.2 Å². The van der Waals surface area contributed by atoms with Crippen LogP contribution in [0.15, 0.2) is 30.3 Å². The van der Waals surface area contributed by atoms with Crippen LogP contribution in [0.1, 0.15) is 12.1 Å². The minimum absolute atomic E-state index is 0.131. The second kappa shape index (κ2) is 7.29. The number of benzene rings is 1. The largest absolute Gasteiger partial charge is 0.433 e. The van der Waals surface area contributed by atoms with E-state index >= 15 is 0 Å². The van der Waals surface area contributed by atoms with Crippen LogP contribution in [0.2, 0.25) is 0 Å². The highest BCUT2D eigenvalue weighted by molar-refractivity contribution is 5.93. The first-order valence-corrected chi connectivity index (χ1v) is 8.30. The molecule has 0 bridgehead atoms. The Labute approximate surface area is 154 Å². The van der Waals surface area contributed by atoms with E-state index in [1.807, 2.05) is 0 Å². The number of halogens is 3. The van der Waals surface area contributed by atoms with Crippen LogP contribution in [0.4, 0.5) is 41.1 Å². The van der Waals surface area contributed by atoms with Gasteiger partial charge in [-0.25, -0.2) is 9.78 Å². The van der Waals surface area contributed by atoms with Crippen LogP contribution in [-0.4, -0.2) is 43.2 Å². The summed E-state index contributed by atoms with van der Waals surface area (Å²) >= 11 is 0. The number of nitrogens with one attached hydrogen (secondary N) is 2. The van der Waals surface area contributed by atoms with Crippen molar-refractivity contribution in [1.82, 2.24) is 15.3 Å². The van der Waals surface area contributed by atoms with Gasteiger partial charge in [-0.1, -0.05) is 6.07 Å². The van der Waals surface area contributed by atoms with Crippen molar-refractivity contribution in [2.24, 2.45) is 0 Å². The van der Waals surface area contributed by atoms with Crippen LogP contribution in [0.3, 0.4) is 0 Å². The minimum Gasteiger partial charge on any atom is -0.363 e. The lowest BCUT2D eigenvalue weighted by Crippen LogP contribution is -2.46. The number of nitrogens with zero attached hydrogens (tertiary/aromatic N) is 4. The first kappa shape index (κ1) is 18.7. The standard InChI is InChI=1S/C17H19F3N6O/c1-25(2)14-10-13(17(18,19)20)23-15(24-14)22-11-5-3-6-12(9-11)26-8-4-7-21-16(26)27/h3,5-6,9-10H,4,7-8H2,1-2H3,(H,21,27)(H,22,23,24). The number of hydrogen-bond acceptors (Lipinski definition) is 5. The van der Waals surface area contributed by atoms with Crippen LogP contribution >= 0.6 is 0 Å². The molecule has 1 aliphatic rings. The van der Waals surface area contributed by atoms with E-state index in [1.165, 1.54) is 4.90 Å². The number of anilines is 4. The first-order valence-electron chi connectivity index (χ1n) is 8.30. The summed E-state index contributed by atoms with van der Waals surface area (Å²) in [7, 11) is 3.20. The quantitative estimate of drug-likeness (QED) is 0.852. The average Bonchev–Trinajstić information content (AvgIpc) is 2.61. The monoisotopic (exact) mass is 380 g/mol.